The van der Waals surface area contributed by atoms with E-state index in [0.29, 0.717) is 11.3 Å². The number of hydrogen-bond donors (Lipinski definition) is 2. The Kier molecular flexibility index (Phi) is 4.81. The van der Waals surface area contributed by atoms with E-state index in [9.17, 15) is 8.42 Å². The predicted molar refractivity (Wildman–Crippen MR) is 76.3 cm³/mol. The van der Waals surface area contributed by atoms with E-state index >= 15 is 0 Å². The predicted octanol–water partition coefficient (Wildman–Crippen LogP) is 0.327. The first-order valence-corrected chi connectivity index (χ1v) is 8.05. The lowest BCUT2D eigenvalue weighted by Crippen LogP contribution is -2.23. The van der Waals surface area contributed by atoms with Gasteiger partial charge in [0.15, 0.2) is 0 Å². The summed E-state index contributed by atoms with van der Waals surface area (Å²) >= 11 is 1.41. The maximum atomic E-state index is 12.1. The molecule has 20 heavy (non-hydrogen) atoms. The minimum absolute atomic E-state index is 0.0663. The molecule has 6 nitrogen and oxygen atoms in total. The number of thiazole rings is 1. The first kappa shape index (κ1) is 14.6. The Labute approximate surface area is 121 Å². The van der Waals surface area contributed by atoms with Crippen molar-refractivity contribution in [3.63, 3.8) is 0 Å². The SMILES string of the molecule is NCC#Cc1cncc(S(=O)(=O)NCc2cscn2)c1. The highest BCUT2D eigenvalue weighted by atomic mass is 32.2. The van der Waals surface area contributed by atoms with E-state index in [4.69, 9.17) is 5.73 Å². The summed E-state index contributed by atoms with van der Waals surface area (Å²) < 4.78 is 26.7. The molecular weight excluding hydrogens is 296 g/mol. The van der Waals surface area contributed by atoms with E-state index in [-0.39, 0.29) is 18.0 Å². The van der Waals surface area contributed by atoms with Crippen molar-refractivity contribution in [1.82, 2.24) is 14.7 Å². The van der Waals surface area contributed by atoms with Gasteiger partial charge in [-0.1, -0.05) is 11.8 Å². The standard InChI is InChI=1S/C12H12N4O2S2/c13-3-1-2-10-4-12(7-14-5-10)20(17,18)16-6-11-8-19-9-15-11/h4-5,7-9,16H,3,6,13H2. The Hall–Kier alpha value is -1.79. The third kappa shape index (κ3) is 3.85. The molecule has 104 valence electrons. The Morgan fingerprint density at radius 3 is 2.95 bits per heavy atom. The van der Waals surface area contributed by atoms with Gasteiger partial charge in [0, 0.05) is 23.3 Å². The van der Waals surface area contributed by atoms with Crippen LogP contribution in [0.25, 0.3) is 0 Å². The smallest absolute Gasteiger partial charge is 0.242 e. The molecule has 0 unspecified atom stereocenters. The molecule has 3 N–H and O–H groups in total. The van der Waals surface area contributed by atoms with Crippen molar-refractivity contribution >= 4 is 21.4 Å². The Bertz CT molecular complexity index is 730. The quantitative estimate of drug-likeness (QED) is 0.793. The van der Waals surface area contributed by atoms with Crippen LogP contribution < -0.4 is 10.5 Å². The fourth-order valence-electron chi connectivity index (χ4n) is 1.36. The molecule has 0 aliphatic carbocycles. The molecule has 2 rings (SSSR count). The highest BCUT2D eigenvalue weighted by Crippen LogP contribution is 2.10. The van der Waals surface area contributed by atoms with E-state index in [0.717, 1.165) is 0 Å². The van der Waals surface area contributed by atoms with Gasteiger partial charge in [-0.05, 0) is 6.07 Å². The topological polar surface area (TPSA) is 98.0 Å². The lowest BCUT2D eigenvalue weighted by Gasteiger charge is -2.05. The van der Waals surface area contributed by atoms with Crippen molar-refractivity contribution in [2.45, 2.75) is 11.4 Å². The first-order valence-electron chi connectivity index (χ1n) is 5.62. The lowest BCUT2D eigenvalue weighted by atomic mass is 10.3. The van der Waals surface area contributed by atoms with E-state index in [1.807, 2.05) is 0 Å². The Morgan fingerprint density at radius 2 is 2.25 bits per heavy atom. The largest absolute Gasteiger partial charge is 0.320 e. The van der Waals surface area contributed by atoms with Crippen molar-refractivity contribution in [2.75, 3.05) is 6.54 Å². The first-order chi connectivity index (χ1) is 9.62. The van der Waals surface area contributed by atoms with Gasteiger partial charge in [0.05, 0.1) is 24.3 Å². The summed E-state index contributed by atoms with van der Waals surface area (Å²) in [5.74, 6) is 5.40. The molecule has 0 fully saturated rings. The Balaban J connectivity index is 2.16. The Morgan fingerprint density at radius 1 is 1.40 bits per heavy atom. The third-order valence-electron chi connectivity index (χ3n) is 2.29. The van der Waals surface area contributed by atoms with Crippen LogP contribution in [0, 0.1) is 11.8 Å². The van der Waals surface area contributed by atoms with Crippen LogP contribution in [-0.4, -0.2) is 24.9 Å². The zero-order valence-electron chi connectivity index (χ0n) is 10.4. The molecule has 2 aromatic rings. The average molecular weight is 308 g/mol. The fourth-order valence-corrected chi connectivity index (χ4v) is 2.91. The van der Waals surface area contributed by atoms with Gasteiger partial charge in [-0.25, -0.2) is 18.1 Å². The summed E-state index contributed by atoms with van der Waals surface area (Å²) in [5.41, 5.74) is 8.10. The highest BCUT2D eigenvalue weighted by molar-refractivity contribution is 7.89. The number of nitrogens with two attached hydrogens (primary N) is 1. The second-order valence-electron chi connectivity index (χ2n) is 3.72. The molecule has 0 aliphatic rings. The summed E-state index contributed by atoms with van der Waals surface area (Å²) in [6.07, 6.45) is 2.76. The monoisotopic (exact) mass is 308 g/mol. The molecule has 0 atom stereocenters. The van der Waals surface area contributed by atoms with Crippen LogP contribution in [0.5, 0.6) is 0 Å². The fraction of sp³-hybridized carbons (Fsp3) is 0.167. The highest BCUT2D eigenvalue weighted by Gasteiger charge is 2.14. The summed E-state index contributed by atoms with van der Waals surface area (Å²) in [4.78, 5) is 7.95. The molecule has 2 heterocycles. The molecule has 0 amide bonds. The third-order valence-corrected chi connectivity index (χ3v) is 4.29. The molecule has 0 spiro atoms. The van der Waals surface area contributed by atoms with Crippen molar-refractivity contribution < 1.29 is 8.42 Å². The minimum atomic E-state index is -3.63. The normalized spacial score (nSPS) is 10.8. The van der Waals surface area contributed by atoms with E-state index < -0.39 is 10.0 Å². The maximum Gasteiger partial charge on any atom is 0.242 e. The van der Waals surface area contributed by atoms with Crippen LogP contribution >= 0.6 is 11.3 Å². The van der Waals surface area contributed by atoms with Gasteiger partial charge >= 0.3 is 0 Å². The summed E-state index contributed by atoms with van der Waals surface area (Å²) in [7, 11) is -3.63. The molecule has 0 bridgehead atoms. The second-order valence-corrected chi connectivity index (χ2v) is 6.21. The number of rotatable bonds is 4. The summed E-state index contributed by atoms with van der Waals surface area (Å²) in [6.45, 7) is 0.351. The molecule has 0 aliphatic heterocycles. The minimum Gasteiger partial charge on any atom is -0.320 e. The van der Waals surface area contributed by atoms with Crippen molar-refractivity contribution in [3.05, 3.63) is 40.6 Å². The maximum absolute atomic E-state index is 12.1. The number of sulfonamides is 1. The van der Waals surface area contributed by atoms with Crippen molar-refractivity contribution in [3.8, 4) is 11.8 Å². The number of hydrogen-bond acceptors (Lipinski definition) is 6. The zero-order valence-corrected chi connectivity index (χ0v) is 12.0. The van der Waals surface area contributed by atoms with Gasteiger partial charge in [0.25, 0.3) is 0 Å². The van der Waals surface area contributed by atoms with Crippen LogP contribution in [0.3, 0.4) is 0 Å². The molecule has 0 saturated heterocycles. The van der Waals surface area contributed by atoms with Crippen molar-refractivity contribution in [1.29, 1.82) is 0 Å². The number of aromatic nitrogens is 2. The van der Waals surface area contributed by atoms with Gasteiger partial charge in [-0.3, -0.25) is 4.98 Å². The summed E-state index contributed by atoms with van der Waals surface area (Å²) in [5, 5.41) is 1.78. The van der Waals surface area contributed by atoms with Gasteiger partial charge in [0.1, 0.15) is 4.90 Å². The van der Waals surface area contributed by atoms with Crippen LogP contribution in [0.4, 0.5) is 0 Å². The molecule has 0 radical (unpaired) electrons. The van der Waals surface area contributed by atoms with Crippen LogP contribution in [0.1, 0.15) is 11.3 Å². The van der Waals surface area contributed by atoms with Gasteiger partial charge in [-0.2, -0.15) is 0 Å². The second kappa shape index (κ2) is 6.58. The van der Waals surface area contributed by atoms with Gasteiger partial charge < -0.3 is 5.73 Å². The number of nitrogens with zero attached hydrogens (tertiary/aromatic N) is 2. The van der Waals surface area contributed by atoms with E-state index in [2.05, 4.69) is 26.5 Å². The molecule has 2 aromatic heterocycles. The summed E-state index contributed by atoms with van der Waals surface area (Å²) in [6, 6.07) is 1.46. The average Bonchev–Trinajstić information content (AvgIpc) is 2.97. The van der Waals surface area contributed by atoms with Crippen LogP contribution in [0.15, 0.2) is 34.2 Å². The molecular formula is C12H12N4O2S2. The van der Waals surface area contributed by atoms with E-state index in [1.165, 1.54) is 29.8 Å². The van der Waals surface area contributed by atoms with Crippen LogP contribution in [0.2, 0.25) is 0 Å². The molecule has 0 saturated carbocycles. The van der Waals surface area contributed by atoms with Gasteiger partial charge in [-0.15, -0.1) is 11.3 Å². The van der Waals surface area contributed by atoms with Crippen LogP contribution in [-0.2, 0) is 16.6 Å². The number of nitrogens with one attached hydrogen (secondary N) is 1. The van der Waals surface area contributed by atoms with E-state index in [1.54, 1.807) is 10.9 Å². The zero-order chi connectivity index (χ0) is 14.4. The molecule has 0 aromatic carbocycles. The number of pyridine rings is 1. The van der Waals surface area contributed by atoms with Crippen molar-refractivity contribution in [2.24, 2.45) is 5.73 Å². The van der Waals surface area contributed by atoms with Gasteiger partial charge in [0.2, 0.25) is 10.0 Å². The lowest BCUT2D eigenvalue weighted by molar-refractivity contribution is 0.580. The molecule has 8 heteroatoms.